The van der Waals surface area contributed by atoms with Gasteiger partial charge in [-0.3, -0.25) is 4.79 Å². The summed E-state index contributed by atoms with van der Waals surface area (Å²) < 4.78 is 10.2. The summed E-state index contributed by atoms with van der Waals surface area (Å²) >= 11 is 0. The number of ether oxygens (including phenoxy) is 2. The van der Waals surface area contributed by atoms with Crippen molar-refractivity contribution in [2.45, 2.75) is 56.5 Å². The van der Waals surface area contributed by atoms with Gasteiger partial charge in [-0.05, 0) is 25.7 Å². The summed E-state index contributed by atoms with van der Waals surface area (Å²) in [5.41, 5.74) is 0. The highest BCUT2D eigenvalue weighted by atomic mass is 17.2. The molecule has 2 rings (SSSR count). The molecule has 104 valence electrons. The Morgan fingerprint density at radius 3 is 2.44 bits per heavy atom. The van der Waals surface area contributed by atoms with Crippen molar-refractivity contribution in [2.75, 3.05) is 13.7 Å². The Kier molecular flexibility index (Phi) is 4.94. The maximum absolute atomic E-state index is 11.1. The zero-order valence-electron chi connectivity index (χ0n) is 10.5. The molecule has 2 heterocycles. The zero-order valence-corrected chi connectivity index (χ0v) is 10.5. The first-order chi connectivity index (χ1) is 8.72. The first-order valence-electron chi connectivity index (χ1n) is 6.38. The molecule has 0 aromatic heterocycles. The van der Waals surface area contributed by atoms with Crippen LogP contribution in [0.25, 0.3) is 0 Å². The normalized spacial score (nSPS) is 36.6. The third-order valence-corrected chi connectivity index (χ3v) is 3.47. The number of aliphatic hydroxyl groups excluding tert-OH is 1. The van der Waals surface area contributed by atoms with Crippen LogP contribution in [0.4, 0.5) is 0 Å². The predicted octanol–water partition coefficient (Wildman–Crippen LogP) is 0.569. The van der Waals surface area contributed by atoms with Crippen molar-refractivity contribution in [3.63, 3.8) is 0 Å². The molecule has 4 atom stereocenters. The highest BCUT2D eigenvalue weighted by molar-refractivity contribution is 5.69. The number of esters is 1. The van der Waals surface area contributed by atoms with Crippen LogP contribution in [-0.4, -0.2) is 49.2 Å². The van der Waals surface area contributed by atoms with E-state index >= 15 is 0 Å². The molecule has 0 aromatic rings. The topological polar surface area (TPSA) is 74.2 Å². The molecule has 0 bridgehead atoms. The molecule has 2 saturated heterocycles. The second kappa shape index (κ2) is 6.47. The van der Waals surface area contributed by atoms with Gasteiger partial charge in [0.2, 0.25) is 0 Å². The van der Waals surface area contributed by atoms with Gasteiger partial charge in [-0.2, -0.15) is 0 Å². The van der Waals surface area contributed by atoms with Gasteiger partial charge in [-0.25, -0.2) is 9.78 Å². The van der Waals surface area contributed by atoms with Gasteiger partial charge in [0.15, 0.2) is 0 Å². The number of hydrogen-bond donors (Lipinski definition) is 1. The summed E-state index contributed by atoms with van der Waals surface area (Å²) in [7, 11) is 1.36. The van der Waals surface area contributed by atoms with Gasteiger partial charge in [0.25, 0.3) is 0 Å². The monoisotopic (exact) mass is 260 g/mol. The van der Waals surface area contributed by atoms with Crippen LogP contribution in [0.5, 0.6) is 0 Å². The zero-order chi connectivity index (χ0) is 13.0. The summed E-state index contributed by atoms with van der Waals surface area (Å²) in [5, 5.41) is 9.00. The maximum Gasteiger partial charge on any atom is 0.308 e. The van der Waals surface area contributed by atoms with E-state index in [4.69, 9.17) is 19.6 Å². The van der Waals surface area contributed by atoms with Crippen LogP contribution >= 0.6 is 0 Å². The average molecular weight is 260 g/mol. The van der Waals surface area contributed by atoms with Gasteiger partial charge in [0.1, 0.15) is 12.2 Å². The molecule has 6 heteroatoms. The lowest BCUT2D eigenvalue weighted by Crippen LogP contribution is -2.37. The molecular weight excluding hydrogens is 240 g/mol. The fourth-order valence-corrected chi connectivity index (χ4v) is 2.39. The van der Waals surface area contributed by atoms with Crippen molar-refractivity contribution in [3.05, 3.63) is 0 Å². The van der Waals surface area contributed by atoms with E-state index in [1.165, 1.54) is 7.11 Å². The Labute approximate surface area is 106 Å². The molecule has 0 aliphatic carbocycles. The van der Waals surface area contributed by atoms with Gasteiger partial charge in [-0.1, -0.05) is 0 Å². The fourth-order valence-electron chi connectivity index (χ4n) is 2.39. The summed E-state index contributed by atoms with van der Waals surface area (Å²) in [6.07, 6.45) is 3.07. The molecular formula is C12H20O6. The van der Waals surface area contributed by atoms with Gasteiger partial charge >= 0.3 is 5.97 Å². The molecule has 1 N–H and O–H groups in total. The summed E-state index contributed by atoms with van der Waals surface area (Å²) in [4.78, 5) is 21.6. The lowest BCUT2D eigenvalue weighted by atomic mass is 10.0. The third-order valence-electron chi connectivity index (χ3n) is 3.47. The summed E-state index contributed by atoms with van der Waals surface area (Å²) in [6.45, 7) is 0.0506. The molecule has 0 radical (unpaired) electrons. The Hall–Kier alpha value is -0.690. The van der Waals surface area contributed by atoms with Gasteiger partial charge in [0, 0.05) is 0 Å². The van der Waals surface area contributed by atoms with Gasteiger partial charge in [0.05, 0.1) is 32.3 Å². The fraction of sp³-hybridized carbons (Fsp3) is 0.917. The van der Waals surface area contributed by atoms with Crippen LogP contribution in [0.15, 0.2) is 0 Å². The Morgan fingerprint density at radius 1 is 1.17 bits per heavy atom. The number of rotatable bonds is 4. The molecule has 0 saturated carbocycles. The van der Waals surface area contributed by atoms with E-state index in [2.05, 4.69) is 4.74 Å². The first-order valence-corrected chi connectivity index (χ1v) is 6.38. The second-order valence-electron chi connectivity index (χ2n) is 4.77. The van der Waals surface area contributed by atoms with Crippen LogP contribution in [0, 0.1) is 0 Å². The van der Waals surface area contributed by atoms with E-state index in [-0.39, 0.29) is 43.4 Å². The van der Waals surface area contributed by atoms with Crippen molar-refractivity contribution < 1.29 is 29.1 Å². The quantitative estimate of drug-likeness (QED) is 0.588. The van der Waals surface area contributed by atoms with Crippen molar-refractivity contribution in [2.24, 2.45) is 0 Å². The summed E-state index contributed by atoms with van der Waals surface area (Å²) in [5.74, 6) is -0.292. The highest BCUT2D eigenvalue weighted by Gasteiger charge is 2.36. The Balaban J connectivity index is 1.72. The lowest BCUT2D eigenvalue weighted by molar-refractivity contribution is -0.385. The van der Waals surface area contributed by atoms with Crippen molar-refractivity contribution in [3.8, 4) is 0 Å². The van der Waals surface area contributed by atoms with E-state index in [1.54, 1.807) is 0 Å². The lowest BCUT2D eigenvalue weighted by Gasteiger charge is -2.30. The number of carbonyl (C=O) groups is 1. The van der Waals surface area contributed by atoms with Gasteiger partial charge in [-0.15, -0.1) is 0 Å². The van der Waals surface area contributed by atoms with E-state index in [0.717, 1.165) is 25.7 Å². The van der Waals surface area contributed by atoms with Crippen molar-refractivity contribution >= 4 is 5.97 Å². The first kappa shape index (κ1) is 13.7. The number of carbonyl (C=O) groups excluding carboxylic acids is 1. The number of hydrogen-bond acceptors (Lipinski definition) is 6. The van der Waals surface area contributed by atoms with Crippen LogP contribution in [0.3, 0.4) is 0 Å². The highest BCUT2D eigenvalue weighted by Crippen LogP contribution is 2.29. The second-order valence-corrected chi connectivity index (χ2v) is 4.77. The van der Waals surface area contributed by atoms with Crippen LogP contribution in [0.2, 0.25) is 0 Å². The van der Waals surface area contributed by atoms with E-state index in [9.17, 15) is 4.79 Å². The largest absolute Gasteiger partial charge is 0.469 e. The van der Waals surface area contributed by atoms with Crippen LogP contribution in [0.1, 0.15) is 32.1 Å². The van der Waals surface area contributed by atoms with Crippen LogP contribution in [-0.2, 0) is 24.0 Å². The van der Waals surface area contributed by atoms with E-state index in [0.29, 0.717) is 0 Å². The maximum atomic E-state index is 11.1. The molecule has 2 fully saturated rings. The third kappa shape index (κ3) is 3.41. The van der Waals surface area contributed by atoms with Crippen molar-refractivity contribution in [1.82, 2.24) is 0 Å². The minimum Gasteiger partial charge on any atom is -0.469 e. The van der Waals surface area contributed by atoms with E-state index in [1.807, 2.05) is 0 Å². The number of methoxy groups -OCH3 is 1. The minimum atomic E-state index is -0.292. The smallest absolute Gasteiger partial charge is 0.308 e. The Bertz CT molecular complexity index is 274. The van der Waals surface area contributed by atoms with E-state index < -0.39 is 0 Å². The van der Waals surface area contributed by atoms with Crippen LogP contribution < -0.4 is 0 Å². The Morgan fingerprint density at radius 2 is 1.89 bits per heavy atom. The van der Waals surface area contributed by atoms with Gasteiger partial charge < -0.3 is 14.6 Å². The predicted molar refractivity (Wildman–Crippen MR) is 60.6 cm³/mol. The van der Waals surface area contributed by atoms with Crippen molar-refractivity contribution in [1.29, 1.82) is 0 Å². The molecule has 0 amide bonds. The minimum absolute atomic E-state index is 0.0128. The summed E-state index contributed by atoms with van der Waals surface area (Å²) in [6, 6.07) is 0. The molecule has 0 aromatic carbocycles. The molecule has 18 heavy (non-hydrogen) atoms. The SMILES string of the molecule is COC(=O)C[C@@H]1CC[C@@H]([C@H]2CC[C@H](CO)O2)OO1. The molecule has 2 aliphatic rings. The number of aliphatic hydroxyl groups is 1. The molecule has 0 spiro atoms. The standard InChI is InChI=1S/C12H20O6/c1-15-12(14)6-8-2-5-11(18-17-8)10-4-3-9(7-13)16-10/h8-11,13H,2-7H2,1H3/t8-,9+,10+,11-/m0/s1. The molecule has 6 nitrogen and oxygen atoms in total. The average Bonchev–Trinajstić information content (AvgIpc) is 2.88. The molecule has 0 unspecified atom stereocenters. The molecule has 2 aliphatic heterocycles.